The van der Waals surface area contributed by atoms with E-state index in [1.165, 1.54) is 5.56 Å². The van der Waals surface area contributed by atoms with Crippen LogP contribution in [-0.4, -0.2) is 33.8 Å². The maximum absolute atomic E-state index is 5.93. The molecule has 0 aliphatic carbocycles. The minimum atomic E-state index is 0.436. The molecule has 0 saturated carbocycles. The summed E-state index contributed by atoms with van der Waals surface area (Å²) in [5, 5.41) is 15.6. The van der Waals surface area contributed by atoms with E-state index in [4.69, 9.17) is 11.6 Å². The van der Waals surface area contributed by atoms with Crippen LogP contribution in [0.4, 0.5) is 0 Å². The van der Waals surface area contributed by atoms with Crippen LogP contribution in [0.1, 0.15) is 18.3 Å². The number of aromatic nitrogens is 3. The van der Waals surface area contributed by atoms with Gasteiger partial charge in [0.25, 0.3) is 0 Å². The topological polar surface area (TPSA) is 67.1 Å². The molecule has 140 valence electrons. The molecule has 0 saturated heterocycles. The lowest BCUT2D eigenvalue weighted by Crippen LogP contribution is -2.38. The summed E-state index contributed by atoms with van der Waals surface area (Å²) in [6.07, 6.45) is 2.60. The van der Waals surface area contributed by atoms with Gasteiger partial charge in [-0.15, -0.1) is 10.2 Å². The highest BCUT2D eigenvalue weighted by Gasteiger charge is 2.06. The number of hydrogen-bond acceptors (Lipinski definition) is 3. The molecule has 2 N–H and O–H groups in total. The highest BCUT2D eigenvalue weighted by molar-refractivity contribution is 6.30. The number of para-hydroxylation sites is 1. The van der Waals surface area contributed by atoms with E-state index < -0.39 is 0 Å². The molecule has 0 atom stereocenters. The maximum atomic E-state index is 5.93. The van der Waals surface area contributed by atoms with E-state index in [2.05, 4.69) is 25.8 Å². The minimum Gasteiger partial charge on any atom is -0.357 e. The van der Waals surface area contributed by atoms with Crippen molar-refractivity contribution in [2.75, 3.05) is 13.1 Å². The number of benzene rings is 2. The van der Waals surface area contributed by atoms with Gasteiger partial charge in [0.2, 0.25) is 0 Å². The molecule has 0 spiro atoms. The van der Waals surface area contributed by atoms with Gasteiger partial charge in [0.05, 0.1) is 0 Å². The molecule has 1 aromatic heterocycles. The Kier molecular flexibility index (Phi) is 6.82. The Morgan fingerprint density at radius 2 is 1.85 bits per heavy atom. The van der Waals surface area contributed by atoms with Gasteiger partial charge in [-0.05, 0) is 43.2 Å². The highest BCUT2D eigenvalue weighted by Crippen LogP contribution is 2.10. The first-order chi connectivity index (χ1) is 13.3. The number of guanidine groups is 1. The van der Waals surface area contributed by atoms with E-state index >= 15 is 0 Å². The zero-order chi connectivity index (χ0) is 18.9. The highest BCUT2D eigenvalue weighted by atomic mass is 35.5. The van der Waals surface area contributed by atoms with E-state index in [-0.39, 0.29) is 0 Å². The van der Waals surface area contributed by atoms with Crippen LogP contribution in [0.15, 0.2) is 65.9 Å². The van der Waals surface area contributed by atoms with E-state index in [1.54, 1.807) is 6.33 Å². The molecule has 3 rings (SSSR count). The molecule has 0 unspecified atom stereocenters. The first-order valence-corrected chi connectivity index (χ1v) is 9.35. The first kappa shape index (κ1) is 18.9. The van der Waals surface area contributed by atoms with Crippen LogP contribution in [-0.2, 0) is 13.0 Å². The van der Waals surface area contributed by atoms with Gasteiger partial charge in [-0.25, -0.2) is 4.99 Å². The minimum absolute atomic E-state index is 0.436. The lowest BCUT2D eigenvalue weighted by Gasteiger charge is -2.11. The molecule has 0 aliphatic rings. The Balaban J connectivity index is 1.61. The van der Waals surface area contributed by atoms with Crippen molar-refractivity contribution in [3.05, 3.63) is 77.3 Å². The van der Waals surface area contributed by atoms with Gasteiger partial charge in [0, 0.05) is 23.8 Å². The van der Waals surface area contributed by atoms with Crippen LogP contribution in [0, 0.1) is 0 Å². The van der Waals surface area contributed by atoms with Crippen LogP contribution in [0.25, 0.3) is 5.69 Å². The summed E-state index contributed by atoms with van der Waals surface area (Å²) >= 11 is 5.93. The van der Waals surface area contributed by atoms with Crippen molar-refractivity contribution in [2.45, 2.75) is 19.9 Å². The third kappa shape index (κ3) is 5.56. The van der Waals surface area contributed by atoms with Crippen LogP contribution in [0.5, 0.6) is 0 Å². The summed E-state index contributed by atoms with van der Waals surface area (Å²) < 4.78 is 1.95. The number of nitrogens with one attached hydrogen (secondary N) is 2. The van der Waals surface area contributed by atoms with E-state index in [0.717, 1.165) is 42.0 Å². The lowest BCUT2D eigenvalue weighted by molar-refractivity contribution is 0.784. The average molecular weight is 383 g/mol. The third-order valence-corrected chi connectivity index (χ3v) is 4.25. The largest absolute Gasteiger partial charge is 0.357 e. The first-order valence-electron chi connectivity index (χ1n) is 8.97. The zero-order valence-corrected chi connectivity index (χ0v) is 16.0. The summed E-state index contributed by atoms with van der Waals surface area (Å²) in [7, 11) is 0. The standard InChI is InChI=1S/C20H23ClN6/c1-2-22-20(23-13-12-16-8-10-17(21)11-9-16)24-14-19-26-25-15-27(19)18-6-4-3-5-7-18/h3-11,15H,2,12-14H2,1H3,(H2,22,23,24). The molecule has 27 heavy (non-hydrogen) atoms. The average Bonchev–Trinajstić information content (AvgIpc) is 3.17. The number of halogens is 1. The zero-order valence-electron chi connectivity index (χ0n) is 15.3. The molecule has 0 aliphatic heterocycles. The van der Waals surface area contributed by atoms with E-state index in [0.29, 0.717) is 6.54 Å². The van der Waals surface area contributed by atoms with Gasteiger partial charge in [0.15, 0.2) is 11.8 Å². The molecule has 7 heteroatoms. The van der Waals surface area contributed by atoms with Crippen molar-refractivity contribution in [3.8, 4) is 5.69 Å². The molecule has 3 aromatic rings. The normalized spacial score (nSPS) is 11.4. The molecular formula is C20H23ClN6. The second-order valence-electron chi connectivity index (χ2n) is 5.95. The van der Waals surface area contributed by atoms with E-state index in [1.807, 2.05) is 66.1 Å². The fourth-order valence-corrected chi connectivity index (χ4v) is 2.76. The van der Waals surface area contributed by atoms with E-state index in [9.17, 15) is 0 Å². The van der Waals surface area contributed by atoms with Gasteiger partial charge >= 0.3 is 0 Å². The molecule has 0 radical (unpaired) electrons. The van der Waals surface area contributed by atoms with Crippen molar-refractivity contribution in [1.82, 2.24) is 25.4 Å². The van der Waals surface area contributed by atoms with Gasteiger partial charge in [-0.2, -0.15) is 0 Å². The lowest BCUT2D eigenvalue weighted by atomic mass is 10.1. The van der Waals surface area contributed by atoms with Crippen molar-refractivity contribution in [3.63, 3.8) is 0 Å². The van der Waals surface area contributed by atoms with Gasteiger partial charge < -0.3 is 10.6 Å². The van der Waals surface area contributed by atoms with Crippen LogP contribution < -0.4 is 10.6 Å². The number of aliphatic imine (C=N–C) groups is 1. The maximum Gasteiger partial charge on any atom is 0.191 e. The Morgan fingerprint density at radius 1 is 1.07 bits per heavy atom. The fourth-order valence-electron chi connectivity index (χ4n) is 2.64. The van der Waals surface area contributed by atoms with Gasteiger partial charge in [0.1, 0.15) is 12.9 Å². The molecule has 0 bridgehead atoms. The Labute approximate surface area is 164 Å². The van der Waals surface area contributed by atoms with Crippen molar-refractivity contribution in [1.29, 1.82) is 0 Å². The number of hydrogen-bond donors (Lipinski definition) is 2. The SMILES string of the molecule is CCNC(=NCc1nncn1-c1ccccc1)NCCc1ccc(Cl)cc1. The van der Waals surface area contributed by atoms with Gasteiger partial charge in [-0.3, -0.25) is 4.57 Å². The predicted octanol–water partition coefficient (Wildman–Crippen LogP) is 3.22. The second-order valence-corrected chi connectivity index (χ2v) is 6.39. The van der Waals surface area contributed by atoms with Crippen LogP contribution in [0.2, 0.25) is 5.02 Å². The molecule has 1 heterocycles. The molecular weight excluding hydrogens is 360 g/mol. The molecule has 0 fully saturated rings. The Morgan fingerprint density at radius 3 is 2.59 bits per heavy atom. The Hall–Kier alpha value is -2.86. The fraction of sp³-hybridized carbons (Fsp3) is 0.250. The molecule has 2 aromatic carbocycles. The molecule has 0 amide bonds. The smallest absolute Gasteiger partial charge is 0.191 e. The monoisotopic (exact) mass is 382 g/mol. The van der Waals surface area contributed by atoms with Crippen molar-refractivity contribution >= 4 is 17.6 Å². The third-order valence-electron chi connectivity index (χ3n) is 3.99. The van der Waals surface area contributed by atoms with Crippen LogP contribution in [0.3, 0.4) is 0 Å². The summed E-state index contributed by atoms with van der Waals surface area (Å²) in [6, 6.07) is 17.9. The quantitative estimate of drug-likeness (QED) is 0.486. The Bertz CT molecular complexity index is 858. The summed E-state index contributed by atoms with van der Waals surface area (Å²) in [5.41, 5.74) is 2.25. The summed E-state index contributed by atoms with van der Waals surface area (Å²) in [6.45, 7) is 4.05. The van der Waals surface area contributed by atoms with Crippen molar-refractivity contribution in [2.24, 2.45) is 4.99 Å². The number of nitrogens with zero attached hydrogens (tertiary/aromatic N) is 4. The number of rotatable bonds is 7. The second kappa shape index (κ2) is 9.73. The summed E-state index contributed by atoms with van der Waals surface area (Å²) in [5.74, 6) is 1.55. The predicted molar refractivity (Wildman–Crippen MR) is 109 cm³/mol. The van der Waals surface area contributed by atoms with Crippen LogP contribution >= 0.6 is 11.6 Å². The van der Waals surface area contributed by atoms with Gasteiger partial charge in [-0.1, -0.05) is 41.9 Å². The molecule has 6 nitrogen and oxygen atoms in total. The van der Waals surface area contributed by atoms with Crippen molar-refractivity contribution < 1.29 is 0 Å². The summed E-state index contributed by atoms with van der Waals surface area (Å²) in [4.78, 5) is 4.64.